The van der Waals surface area contributed by atoms with E-state index < -0.39 is 0 Å². The van der Waals surface area contributed by atoms with Crippen LogP contribution in [0.3, 0.4) is 0 Å². The molecule has 0 aliphatic carbocycles. The second kappa shape index (κ2) is 8.29. The second-order valence-corrected chi connectivity index (χ2v) is 4.77. The van der Waals surface area contributed by atoms with Gasteiger partial charge < -0.3 is 10.6 Å². The van der Waals surface area contributed by atoms with Gasteiger partial charge in [0, 0.05) is 26.0 Å². The largest absolute Gasteiger partial charge is 0.341 e. The van der Waals surface area contributed by atoms with Gasteiger partial charge in [0.05, 0.1) is 5.56 Å². The van der Waals surface area contributed by atoms with E-state index in [0.29, 0.717) is 18.7 Å². The monoisotopic (exact) mass is 293 g/mol. The highest BCUT2D eigenvalue weighted by Crippen LogP contribution is 2.15. The maximum absolute atomic E-state index is 12.0. The summed E-state index contributed by atoms with van der Waals surface area (Å²) in [5, 5.41) is 0. The summed E-state index contributed by atoms with van der Waals surface area (Å²) in [6.07, 6.45) is 3.23. The van der Waals surface area contributed by atoms with E-state index in [-0.39, 0.29) is 36.1 Å². The number of carbonyl (C=O) groups is 1. The summed E-state index contributed by atoms with van der Waals surface area (Å²) < 4.78 is 0. The van der Waals surface area contributed by atoms with Crippen LogP contribution in [-0.4, -0.2) is 35.9 Å². The molecule has 0 saturated heterocycles. The summed E-state index contributed by atoms with van der Waals surface area (Å²) >= 11 is 0. The average molecular weight is 294 g/mol. The third-order valence-corrected chi connectivity index (χ3v) is 2.47. The highest BCUT2D eigenvalue weighted by atomic mass is 35.5. The van der Waals surface area contributed by atoms with Crippen molar-refractivity contribution in [1.82, 2.24) is 9.88 Å². The molecule has 6 heteroatoms. The Kier molecular flexibility index (Phi) is 8.99. The first kappa shape index (κ1) is 19.5. The molecule has 1 amide bonds. The number of halogens is 2. The number of hydrogen-bond acceptors (Lipinski definition) is 3. The number of hydrogen-bond donors (Lipinski definition) is 1. The van der Waals surface area contributed by atoms with Gasteiger partial charge >= 0.3 is 0 Å². The number of carbonyl (C=O) groups excluding carboxylic acids is 1. The lowest BCUT2D eigenvalue weighted by molar-refractivity contribution is 0.0740. The molecule has 0 radical (unpaired) electrons. The number of nitrogens with zero attached hydrogens (tertiary/aromatic N) is 2. The zero-order chi connectivity index (χ0) is 12.2. The Labute approximate surface area is 121 Å². The molecular weight excluding hydrogens is 273 g/mol. The Morgan fingerprint density at radius 3 is 2.50 bits per heavy atom. The lowest BCUT2D eigenvalue weighted by Gasteiger charge is -2.29. The van der Waals surface area contributed by atoms with Gasteiger partial charge in [0.15, 0.2) is 0 Å². The van der Waals surface area contributed by atoms with E-state index in [1.54, 1.807) is 36.5 Å². The van der Waals surface area contributed by atoms with Gasteiger partial charge in [-0.2, -0.15) is 0 Å². The molecule has 104 valence electrons. The Balaban J connectivity index is 0. The predicted molar refractivity (Wildman–Crippen MR) is 78.5 cm³/mol. The van der Waals surface area contributed by atoms with Gasteiger partial charge in [-0.3, -0.25) is 9.78 Å². The quantitative estimate of drug-likeness (QED) is 0.923. The molecule has 0 aliphatic heterocycles. The molecule has 0 saturated carbocycles. The van der Waals surface area contributed by atoms with Gasteiger partial charge in [-0.05, 0) is 24.1 Å². The lowest BCUT2D eigenvalue weighted by atomic mass is 9.93. The van der Waals surface area contributed by atoms with E-state index >= 15 is 0 Å². The third kappa shape index (κ3) is 5.67. The molecule has 1 aromatic heterocycles. The minimum Gasteiger partial charge on any atom is -0.341 e. The molecule has 1 heterocycles. The van der Waals surface area contributed by atoms with E-state index in [2.05, 4.69) is 4.98 Å². The van der Waals surface area contributed by atoms with Crippen LogP contribution >= 0.6 is 24.8 Å². The van der Waals surface area contributed by atoms with Crippen LogP contribution in [0, 0.1) is 5.41 Å². The second-order valence-electron chi connectivity index (χ2n) is 4.77. The minimum atomic E-state index is -0.0629. The minimum absolute atomic E-state index is 0. The SMILES string of the molecule is CN(CC(C)(C)CN)C(=O)c1cccnc1.Cl.Cl. The van der Waals surface area contributed by atoms with Crippen molar-refractivity contribution in [3.63, 3.8) is 0 Å². The third-order valence-electron chi connectivity index (χ3n) is 2.47. The van der Waals surface area contributed by atoms with Gasteiger partial charge in [-0.25, -0.2) is 0 Å². The fourth-order valence-electron chi connectivity index (χ4n) is 1.49. The molecule has 18 heavy (non-hydrogen) atoms. The Hall–Kier alpha value is -0.840. The Morgan fingerprint density at radius 2 is 2.06 bits per heavy atom. The highest BCUT2D eigenvalue weighted by Gasteiger charge is 2.21. The molecule has 0 bridgehead atoms. The fourth-order valence-corrected chi connectivity index (χ4v) is 1.49. The molecule has 0 aliphatic rings. The zero-order valence-electron chi connectivity index (χ0n) is 10.9. The number of nitrogens with two attached hydrogens (primary N) is 1. The Morgan fingerprint density at radius 1 is 1.44 bits per heavy atom. The van der Waals surface area contributed by atoms with Crippen LogP contribution < -0.4 is 5.73 Å². The maximum Gasteiger partial charge on any atom is 0.255 e. The van der Waals surface area contributed by atoms with Crippen molar-refractivity contribution >= 4 is 30.7 Å². The van der Waals surface area contributed by atoms with Crippen molar-refractivity contribution in [2.24, 2.45) is 11.1 Å². The first-order valence-corrected chi connectivity index (χ1v) is 5.32. The molecule has 0 atom stereocenters. The van der Waals surface area contributed by atoms with Crippen LogP contribution in [0.1, 0.15) is 24.2 Å². The van der Waals surface area contributed by atoms with Gasteiger partial charge in [-0.15, -0.1) is 24.8 Å². The summed E-state index contributed by atoms with van der Waals surface area (Å²) in [6, 6.07) is 3.52. The predicted octanol–water partition coefficient (Wildman–Crippen LogP) is 1.98. The molecule has 2 N–H and O–H groups in total. The van der Waals surface area contributed by atoms with Crippen LogP contribution in [0.5, 0.6) is 0 Å². The summed E-state index contributed by atoms with van der Waals surface area (Å²) in [6.45, 7) is 5.27. The summed E-state index contributed by atoms with van der Waals surface area (Å²) in [5.74, 6) is -0.0189. The van der Waals surface area contributed by atoms with Crippen LogP contribution in [0.25, 0.3) is 0 Å². The van der Waals surface area contributed by atoms with E-state index in [4.69, 9.17) is 5.73 Å². The van der Waals surface area contributed by atoms with E-state index in [1.165, 1.54) is 0 Å². The fraction of sp³-hybridized carbons (Fsp3) is 0.500. The molecule has 0 fully saturated rings. The summed E-state index contributed by atoms with van der Waals surface area (Å²) in [5.41, 5.74) is 6.19. The van der Waals surface area contributed by atoms with Crippen molar-refractivity contribution in [2.45, 2.75) is 13.8 Å². The van der Waals surface area contributed by atoms with E-state index in [9.17, 15) is 4.79 Å². The van der Waals surface area contributed by atoms with E-state index in [1.807, 2.05) is 13.8 Å². The first-order chi connectivity index (χ1) is 7.46. The zero-order valence-corrected chi connectivity index (χ0v) is 12.6. The van der Waals surface area contributed by atoms with E-state index in [0.717, 1.165) is 0 Å². The molecule has 1 aromatic rings. The smallest absolute Gasteiger partial charge is 0.255 e. The van der Waals surface area contributed by atoms with Crippen molar-refractivity contribution in [3.8, 4) is 0 Å². The number of pyridine rings is 1. The summed E-state index contributed by atoms with van der Waals surface area (Å²) in [4.78, 5) is 17.6. The van der Waals surface area contributed by atoms with Gasteiger partial charge in [0.25, 0.3) is 5.91 Å². The van der Waals surface area contributed by atoms with Crippen LogP contribution in [0.2, 0.25) is 0 Å². The maximum atomic E-state index is 12.0. The topological polar surface area (TPSA) is 59.2 Å². The number of amides is 1. The van der Waals surface area contributed by atoms with Crippen LogP contribution in [0.15, 0.2) is 24.5 Å². The average Bonchev–Trinajstić information content (AvgIpc) is 2.28. The Bertz CT molecular complexity index is 358. The number of rotatable bonds is 4. The number of aromatic nitrogens is 1. The van der Waals surface area contributed by atoms with Crippen molar-refractivity contribution in [2.75, 3.05) is 20.1 Å². The van der Waals surface area contributed by atoms with Crippen LogP contribution in [0.4, 0.5) is 0 Å². The summed E-state index contributed by atoms with van der Waals surface area (Å²) in [7, 11) is 1.78. The molecule has 4 nitrogen and oxygen atoms in total. The molecule has 0 aromatic carbocycles. The van der Waals surface area contributed by atoms with Gasteiger partial charge in [0.2, 0.25) is 0 Å². The van der Waals surface area contributed by atoms with Crippen molar-refractivity contribution in [1.29, 1.82) is 0 Å². The standard InChI is InChI=1S/C12H19N3O.2ClH/c1-12(2,8-13)9-15(3)11(16)10-5-4-6-14-7-10;;/h4-7H,8-9,13H2,1-3H3;2*1H. The lowest BCUT2D eigenvalue weighted by Crippen LogP contribution is -2.39. The normalized spacial score (nSPS) is 10.0. The highest BCUT2D eigenvalue weighted by molar-refractivity contribution is 5.93. The molecule has 0 unspecified atom stereocenters. The molecule has 0 spiro atoms. The molecular formula is C12H21Cl2N3O. The van der Waals surface area contributed by atoms with Crippen LogP contribution in [-0.2, 0) is 0 Å². The van der Waals surface area contributed by atoms with Gasteiger partial charge in [0.1, 0.15) is 0 Å². The van der Waals surface area contributed by atoms with Crippen molar-refractivity contribution < 1.29 is 4.79 Å². The molecule has 1 rings (SSSR count). The van der Waals surface area contributed by atoms with Crippen molar-refractivity contribution in [3.05, 3.63) is 30.1 Å². The first-order valence-electron chi connectivity index (χ1n) is 5.32. The van der Waals surface area contributed by atoms with Gasteiger partial charge in [-0.1, -0.05) is 13.8 Å².